The van der Waals surface area contributed by atoms with E-state index >= 15 is 0 Å². The van der Waals surface area contributed by atoms with E-state index in [1.807, 2.05) is 6.92 Å². The Labute approximate surface area is 178 Å². The third kappa shape index (κ3) is 3.22. The molecule has 30 heavy (non-hydrogen) atoms. The van der Waals surface area contributed by atoms with Gasteiger partial charge in [0.25, 0.3) is 10.0 Å². The minimum atomic E-state index is -3.96. The number of rotatable bonds is 5. The second kappa shape index (κ2) is 7.37. The van der Waals surface area contributed by atoms with E-state index in [2.05, 4.69) is 0 Å². The zero-order valence-electron chi connectivity index (χ0n) is 16.2. The number of aliphatic hydroxyl groups excluding tert-OH is 1. The van der Waals surface area contributed by atoms with Crippen molar-refractivity contribution in [3.8, 4) is 17.2 Å². The fraction of sp³-hybridized carbons (Fsp3) is 0.190. The first-order valence-electron chi connectivity index (χ1n) is 9.07. The van der Waals surface area contributed by atoms with Gasteiger partial charge >= 0.3 is 0 Å². The van der Waals surface area contributed by atoms with Gasteiger partial charge in [-0.1, -0.05) is 29.3 Å². The van der Waals surface area contributed by atoms with Gasteiger partial charge in [-0.2, -0.15) is 0 Å². The molecule has 0 saturated carbocycles. The molecule has 0 aliphatic heterocycles. The van der Waals surface area contributed by atoms with Crippen molar-refractivity contribution in [3.05, 3.63) is 64.7 Å². The van der Waals surface area contributed by atoms with E-state index in [-0.39, 0.29) is 62.8 Å². The van der Waals surface area contributed by atoms with Crippen molar-refractivity contribution in [2.24, 2.45) is 0 Å². The topological polar surface area (TPSA) is 98.7 Å². The summed E-state index contributed by atoms with van der Waals surface area (Å²) in [6, 6.07) is 9.31. The molecule has 1 aliphatic carbocycles. The third-order valence-electron chi connectivity index (χ3n) is 4.92. The average molecular weight is 448 g/mol. The van der Waals surface area contributed by atoms with Crippen molar-refractivity contribution in [2.45, 2.75) is 24.7 Å². The van der Waals surface area contributed by atoms with E-state index in [0.29, 0.717) is 0 Å². The Bertz CT molecular complexity index is 1280. The van der Waals surface area contributed by atoms with E-state index in [9.17, 15) is 18.3 Å². The molecule has 4 rings (SSSR count). The molecule has 0 spiro atoms. The van der Waals surface area contributed by atoms with Crippen molar-refractivity contribution in [1.29, 1.82) is 0 Å². The van der Waals surface area contributed by atoms with Crippen LogP contribution in [0.3, 0.4) is 0 Å². The summed E-state index contributed by atoms with van der Waals surface area (Å²) in [6.07, 6.45) is 1.71. The normalized spacial score (nSPS) is 14.6. The van der Waals surface area contributed by atoms with Gasteiger partial charge in [0, 0.05) is 25.1 Å². The van der Waals surface area contributed by atoms with Gasteiger partial charge in [0.1, 0.15) is 17.0 Å². The summed E-state index contributed by atoms with van der Waals surface area (Å²) in [5, 5.41) is 10.2. The zero-order valence-corrected chi connectivity index (χ0v) is 17.7. The van der Waals surface area contributed by atoms with Gasteiger partial charge in [0.2, 0.25) is 0 Å². The van der Waals surface area contributed by atoms with E-state index < -0.39 is 10.0 Å². The zero-order chi connectivity index (χ0) is 21.6. The highest BCUT2D eigenvalue weighted by Gasteiger charge is 2.32. The Morgan fingerprint density at radius 2 is 1.87 bits per heavy atom. The van der Waals surface area contributed by atoms with Crippen molar-refractivity contribution < 1.29 is 27.5 Å². The molecule has 0 saturated heterocycles. The lowest BCUT2D eigenvalue weighted by Gasteiger charge is -2.10. The molecule has 9 heteroatoms. The number of nitrogens with zero attached hydrogens (tertiary/aromatic N) is 1. The maximum Gasteiger partial charge on any atom is 0.268 e. The maximum atomic E-state index is 13.2. The largest absolute Gasteiger partial charge is 0.511 e. The highest BCUT2D eigenvalue weighted by molar-refractivity contribution is 7.90. The molecule has 0 fully saturated rings. The van der Waals surface area contributed by atoms with Gasteiger partial charge < -0.3 is 14.3 Å². The van der Waals surface area contributed by atoms with Crippen LogP contribution in [0.15, 0.2) is 57.7 Å². The number of allylic oxidation sites excluding steroid dienone is 2. The summed E-state index contributed by atoms with van der Waals surface area (Å²) >= 11 is 6.31. The number of hydrogen-bond acceptors (Lipinski definition) is 6. The summed E-state index contributed by atoms with van der Waals surface area (Å²) in [4.78, 5) is 12.3. The second-order valence-corrected chi connectivity index (χ2v) is 9.10. The van der Waals surface area contributed by atoms with Crippen molar-refractivity contribution in [2.75, 3.05) is 7.11 Å². The van der Waals surface area contributed by atoms with Crippen LogP contribution in [0.4, 0.5) is 0 Å². The number of aryl methyl sites for hydroxylation is 1. The van der Waals surface area contributed by atoms with Gasteiger partial charge in [0.15, 0.2) is 23.1 Å². The molecule has 3 aromatic rings. The molecule has 0 radical (unpaired) electrons. The first-order valence-corrected chi connectivity index (χ1v) is 10.9. The number of Topliss-reactive ketones (excluding diaryl/α,β-unsaturated/α-hetero) is 1. The van der Waals surface area contributed by atoms with Gasteiger partial charge in [-0.05, 0) is 25.1 Å². The molecule has 0 atom stereocenters. The highest BCUT2D eigenvalue weighted by atomic mass is 35.5. The standard InChI is InChI=1S/C21H18ClNO6S/c1-12-3-5-13(6-4-12)30(26,27)23-10-9-14(22)20(23)17-11-18(28-2)21(29-17)19-15(24)7-8-16(19)25/h3-6,9-11,24H,7-8H2,1-2H3. The minimum Gasteiger partial charge on any atom is -0.511 e. The third-order valence-corrected chi connectivity index (χ3v) is 6.91. The van der Waals surface area contributed by atoms with Crippen LogP contribution in [0, 0.1) is 6.92 Å². The van der Waals surface area contributed by atoms with Crippen molar-refractivity contribution >= 4 is 33.0 Å². The molecule has 2 aromatic heterocycles. The van der Waals surface area contributed by atoms with E-state index in [4.69, 9.17) is 20.8 Å². The van der Waals surface area contributed by atoms with Gasteiger partial charge in [-0.25, -0.2) is 12.4 Å². The lowest BCUT2D eigenvalue weighted by atomic mass is 10.1. The summed E-state index contributed by atoms with van der Waals surface area (Å²) < 4.78 is 38.5. The number of methoxy groups -OCH3 is 1. The summed E-state index contributed by atoms with van der Waals surface area (Å²) in [5.74, 6) is -0.0386. The molecule has 0 amide bonds. The first kappa shape index (κ1) is 20.3. The number of aliphatic hydroxyl groups is 1. The van der Waals surface area contributed by atoms with Crippen molar-refractivity contribution in [1.82, 2.24) is 3.97 Å². The Hall–Kier alpha value is -2.97. The van der Waals surface area contributed by atoms with Crippen LogP contribution in [-0.4, -0.2) is 30.4 Å². The number of ketones is 1. The summed E-state index contributed by atoms with van der Waals surface area (Å²) in [6.45, 7) is 1.86. The molecular formula is C21H18ClNO6S. The first-order chi connectivity index (χ1) is 14.2. The Morgan fingerprint density at radius 1 is 1.17 bits per heavy atom. The van der Waals surface area contributed by atoms with Crippen LogP contribution in [-0.2, 0) is 14.8 Å². The number of ether oxygens (including phenoxy) is 1. The number of aromatic nitrogens is 1. The molecular weight excluding hydrogens is 430 g/mol. The highest BCUT2D eigenvalue weighted by Crippen LogP contribution is 2.42. The SMILES string of the molecule is COc1cc(-c2c(Cl)ccn2S(=O)(=O)c2ccc(C)cc2)oc1C1=C(O)CCC1=O. The number of carbonyl (C=O) groups is 1. The van der Waals surface area contributed by atoms with Crippen molar-refractivity contribution in [3.63, 3.8) is 0 Å². The fourth-order valence-electron chi connectivity index (χ4n) is 3.36. The molecule has 7 nitrogen and oxygen atoms in total. The monoisotopic (exact) mass is 447 g/mol. The number of halogens is 1. The molecule has 1 aliphatic rings. The van der Waals surface area contributed by atoms with E-state index in [0.717, 1.165) is 9.54 Å². The minimum absolute atomic E-state index is 0.0359. The Kier molecular flexibility index (Phi) is 4.99. The molecule has 0 unspecified atom stereocenters. The van der Waals surface area contributed by atoms with E-state index in [1.54, 1.807) is 12.1 Å². The predicted molar refractivity (Wildman–Crippen MR) is 111 cm³/mol. The Morgan fingerprint density at radius 3 is 2.47 bits per heavy atom. The Balaban J connectivity index is 1.88. The van der Waals surface area contributed by atoms with Crippen LogP contribution >= 0.6 is 11.6 Å². The molecule has 1 N–H and O–H groups in total. The predicted octanol–water partition coefficient (Wildman–Crippen LogP) is 4.59. The number of benzene rings is 1. The quantitative estimate of drug-likeness (QED) is 0.614. The molecule has 156 valence electrons. The number of hydrogen-bond donors (Lipinski definition) is 1. The number of carbonyl (C=O) groups excluding carboxylic acids is 1. The van der Waals surface area contributed by atoms with E-state index in [1.165, 1.54) is 37.6 Å². The average Bonchev–Trinajstić information content (AvgIpc) is 3.38. The van der Waals surface area contributed by atoms with Crippen LogP contribution in [0.5, 0.6) is 5.75 Å². The van der Waals surface area contributed by atoms with Crippen LogP contribution in [0.1, 0.15) is 24.2 Å². The lowest BCUT2D eigenvalue weighted by Crippen LogP contribution is -2.13. The van der Waals surface area contributed by atoms with Gasteiger partial charge in [-0.3, -0.25) is 4.79 Å². The second-order valence-electron chi connectivity index (χ2n) is 6.88. The van der Waals surface area contributed by atoms with Crippen LogP contribution in [0.2, 0.25) is 5.02 Å². The number of furan rings is 1. The molecule has 1 aromatic carbocycles. The smallest absolute Gasteiger partial charge is 0.268 e. The fourth-order valence-corrected chi connectivity index (χ4v) is 5.01. The molecule has 2 heterocycles. The van der Waals surface area contributed by atoms with Gasteiger partial charge in [0.05, 0.1) is 17.0 Å². The van der Waals surface area contributed by atoms with Crippen LogP contribution in [0.25, 0.3) is 17.0 Å². The summed E-state index contributed by atoms with van der Waals surface area (Å²) in [7, 11) is -2.57. The lowest BCUT2D eigenvalue weighted by molar-refractivity contribution is -0.113. The van der Waals surface area contributed by atoms with Crippen LogP contribution < -0.4 is 4.74 Å². The maximum absolute atomic E-state index is 13.2. The summed E-state index contributed by atoms with van der Waals surface area (Å²) in [5.41, 5.74) is 1.05. The van der Waals surface area contributed by atoms with Gasteiger partial charge in [-0.15, -0.1) is 0 Å². The molecule has 0 bridgehead atoms.